The first-order valence-corrected chi connectivity index (χ1v) is 3.18. The largest absolute Gasteiger partial charge is 0.268 e. The van der Waals surface area contributed by atoms with Crippen LogP contribution in [0.2, 0.25) is 0 Å². The number of aromatic nitrogens is 2. The first-order chi connectivity index (χ1) is 4.86. The van der Waals surface area contributed by atoms with Crippen LogP contribution >= 0.6 is 0 Å². The summed E-state index contributed by atoms with van der Waals surface area (Å²) in [6.45, 7) is 0.834. The Balaban J connectivity index is 2.63. The number of hydrogen-bond donors (Lipinski definition) is 1. The highest BCUT2D eigenvalue weighted by Crippen LogP contribution is 2.10. The molecule has 2 rings (SSSR count). The van der Waals surface area contributed by atoms with E-state index < -0.39 is 0 Å². The lowest BCUT2D eigenvalue weighted by molar-refractivity contribution is 0.624. The van der Waals surface area contributed by atoms with E-state index in [9.17, 15) is 4.79 Å². The topological polar surface area (TPSA) is 50.1 Å². The molecule has 0 saturated carbocycles. The summed E-state index contributed by atoms with van der Waals surface area (Å²) in [6.07, 6.45) is 2.72. The van der Waals surface area contributed by atoms with Gasteiger partial charge < -0.3 is 0 Å². The molecule has 4 heteroatoms. The molecule has 1 aromatic rings. The van der Waals surface area contributed by atoms with Crippen LogP contribution in [0.15, 0.2) is 15.9 Å². The summed E-state index contributed by atoms with van der Waals surface area (Å²) in [5.74, 6) is 0.733. The normalized spacial score (nSPS) is 15.2. The van der Waals surface area contributed by atoms with E-state index in [0.717, 1.165) is 18.8 Å². The molecule has 0 atom stereocenters. The van der Waals surface area contributed by atoms with Crippen molar-refractivity contribution in [1.29, 1.82) is 0 Å². The molecule has 0 aliphatic carbocycles. The van der Waals surface area contributed by atoms with Crippen LogP contribution in [0.3, 0.4) is 0 Å². The molecule has 1 aromatic heterocycles. The van der Waals surface area contributed by atoms with E-state index in [2.05, 4.69) is 10.1 Å². The summed E-state index contributed by atoms with van der Waals surface area (Å²) in [4.78, 5) is 14.7. The number of fused-ring (bicyclic) bond motifs is 1. The average molecular weight is 137 g/mol. The average Bonchev–Trinajstić information content (AvgIpc) is 2.27. The Hall–Kier alpha value is -1.32. The van der Waals surface area contributed by atoms with Crippen molar-refractivity contribution < 1.29 is 0 Å². The minimum absolute atomic E-state index is 0.0750. The van der Waals surface area contributed by atoms with Crippen LogP contribution in [0.25, 0.3) is 0 Å². The van der Waals surface area contributed by atoms with Crippen LogP contribution in [0.5, 0.6) is 0 Å². The van der Waals surface area contributed by atoms with Crippen LogP contribution in [-0.4, -0.2) is 16.0 Å². The Morgan fingerprint density at radius 3 is 3.40 bits per heavy atom. The summed E-state index contributed by atoms with van der Waals surface area (Å²) in [5.41, 5.74) is -0.0750. The Kier molecular flexibility index (Phi) is 1.00. The van der Waals surface area contributed by atoms with E-state index in [1.165, 1.54) is 6.07 Å². The molecule has 0 saturated heterocycles. The molecule has 0 spiro atoms. The Morgan fingerprint density at radius 1 is 1.70 bits per heavy atom. The smallest absolute Gasteiger partial charge is 0.266 e. The summed E-state index contributed by atoms with van der Waals surface area (Å²) in [6, 6.07) is 1.50. The quantitative estimate of drug-likeness (QED) is 0.548. The zero-order chi connectivity index (χ0) is 6.97. The number of H-pyrrole nitrogens is 1. The standard InChI is InChI=1S/C6H7N3O/c10-6-4-5-7-2-1-3-9(5)8-6/h2,4H,1,3H2,(H,8,10). The van der Waals surface area contributed by atoms with Gasteiger partial charge in [0.15, 0.2) is 5.82 Å². The van der Waals surface area contributed by atoms with Crippen LogP contribution in [0.4, 0.5) is 5.82 Å². The molecule has 4 nitrogen and oxygen atoms in total. The van der Waals surface area contributed by atoms with E-state index in [1.807, 2.05) is 6.21 Å². The van der Waals surface area contributed by atoms with Crippen LogP contribution < -0.4 is 5.56 Å². The lowest BCUT2D eigenvalue weighted by Crippen LogP contribution is -2.07. The molecule has 0 bridgehead atoms. The second-order valence-electron chi connectivity index (χ2n) is 2.23. The minimum atomic E-state index is -0.0750. The van der Waals surface area contributed by atoms with Crippen LogP contribution in [0.1, 0.15) is 6.42 Å². The number of aliphatic imine (C=N–C) groups is 1. The molecule has 0 unspecified atom stereocenters. The molecule has 1 aliphatic rings. The Morgan fingerprint density at radius 2 is 2.60 bits per heavy atom. The predicted octanol–water partition coefficient (Wildman–Crippen LogP) is 0.282. The molecule has 2 heterocycles. The second-order valence-corrected chi connectivity index (χ2v) is 2.23. The van der Waals surface area contributed by atoms with Crippen molar-refractivity contribution in [2.24, 2.45) is 4.99 Å². The molecular weight excluding hydrogens is 130 g/mol. The van der Waals surface area contributed by atoms with Crippen molar-refractivity contribution >= 4 is 12.0 Å². The van der Waals surface area contributed by atoms with E-state index in [1.54, 1.807) is 4.68 Å². The lowest BCUT2D eigenvalue weighted by atomic mass is 10.4. The molecule has 0 fully saturated rings. The van der Waals surface area contributed by atoms with Gasteiger partial charge >= 0.3 is 0 Å². The molecule has 0 radical (unpaired) electrons. The van der Waals surface area contributed by atoms with Gasteiger partial charge in [0.2, 0.25) is 0 Å². The van der Waals surface area contributed by atoms with Gasteiger partial charge in [-0.15, -0.1) is 0 Å². The first-order valence-electron chi connectivity index (χ1n) is 3.18. The van der Waals surface area contributed by atoms with E-state index in [4.69, 9.17) is 0 Å². The van der Waals surface area contributed by atoms with Crippen molar-refractivity contribution in [1.82, 2.24) is 9.78 Å². The van der Waals surface area contributed by atoms with Gasteiger partial charge in [-0.3, -0.25) is 14.6 Å². The maximum Gasteiger partial charge on any atom is 0.266 e. The van der Waals surface area contributed by atoms with Crippen LogP contribution in [-0.2, 0) is 6.54 Å². The maximum atomic E-state index is 10.7. The number of hydrogen-bond acceptors (Lipinski definition) is 2. The molecule has 0 aromatic carbocycles. The number of rotatable bonds is 0. The third-order valence-corrected chi connectivity index (χ3v) is 1.49. The van der Waals surface area contributed by atoms with Gasteiger partial charge in [0.05, 0.1) is 0 Å². The SMILES string of the molecule is O=c1cc2n([nH]1)CCC=N2. The number of aromatic amines is 1. The monoisotopic (exact) mass is 137 g/mol. The predicted molar refractivity (Wildman–Crippen MR) is 37.8 cm³/mol. The Bertz CT molecular complexity index is 320. The molecule has 52 valence electrons. The third kappa shape index (κ3) is 0.689. The third-order valence-electron chi connectivity index (χ3n) is 1.49. The molecule has 0 amide bonds. The summed E-state index contributed by atoms with van der Waals surface area (Å²) in [7, 11) is 0. The molecule has 10 heavy (non-hydrogen) atoms. The fourth-order valence-electron chi connectivity index (χ4n) is 1.04. The fraction of sp³-hybridized carbons (Fsp3) is 0.333. The molecular formula is C6H7N3O. The van der Waals surface area contributed by atoms with Crippen molar-refractivity contribution in [3.8, 4) is 0 Å². The van der Waals surface area contributed by atoms with E-state index in [0.29, 0.717) is 0 Å². The van der Waals surface area contributed by atoms with Gasteiger partial charge in [0.1, 0.15) is 0 Å². The minimum Gasteiger partial charge on any atom is -0.268 e. The van der Waals surface area contributed by atoms with Crippen molar-refractivity contribution in [2.75, 3.05) is 0 Å². The van der Waals surface area contributed by atoms with E-state index >= 15 is 0 Å². The molecule has 1 aliphatic heterocycles. The number of nitrogens with one attached hydrogen (secondary N) is 1. The van der Waals surface area contributed by atoms with Crippen molar-refractivity contribution in [3.63, 3.8) is 0 Å². The summed E-state index contributed by atoms with van der Waals surface area (Å²) < 4.78 is 1.75. The van der Waals surface area contributed by atoms with Gasteiger partial charge in [0, 0.05) is 25.2 Å². The van der Waals surface area contributed by atoms with Gasteiger partial charge in [-0.2, -0.15) is 0 Å². The van der Waals surface area contributed by atoms with Crippen molar-refractivity contribution in [2.45, 2.75) is 13.0 Å². The van der Waals surface area contributed by atoms with Gasteiger partial charge in [0.25, 0.3) is 5.56 Å². The van der Waals surface area contributed by atoms with Crippen molar-refractivity contribution in [3.05, 3.63) is 16.4 Å². The number of aryl methyl sites for hydroxylation is 1. The first kappa shape index (κ1) is 5.46. The van der Waals surface area contributed by atoms with E-state index in [-0.39, 0.29) is 5.56 Å². The zero-order valence-corrected chi connectivity index (χ0v) is 5.37. The maximum absolute atomic E-state index is 10.7. The van der Waals surface area contributed by atoms with Gasteiger partial charge in [-0.05, 0) is 0 Å². The highest BCUT2D eigenvalue weighted by Gasteiger charge is 2.04. The number of nitrogens with zero attached hydrogens (tertiary/aromatic N) is 2. The van der Waals surface area contributed by atoms with Gasteiger partial charge in [-0.1, -0.05) is 0 Å². The fourth-order valence-corrected chi connectivity index (χ4v) is 1.04. The van der Waals surface area contributed by atoms with Gasteiger partial charge in [-0.25, -0.2) is 4.99 Å². The molecule has 1 N–H and O–H groups in total. The van der Waals surface area contributed by atoms with Crippen LogP contribution in [0, 0.1) is 0 Å². The second kappa shape index (κ2) is 1.83. The summed E-state index contributed by atoms with van der Waals surface area (Å²) in [5, 5.41) is 2.64. The highest BCUT2D eigenvalue weighted by atomic mass is 16.1. The lowest BCUT2D eigenvalue weighted by Gasteiger charge is -2.05. The highest BCUT2D eigenvalue weighted by molar-refractivity contribution is 5.63. The zero-order valence-electron chi connectivity index (χ0n) is 5.37. The summed E-state index contributed by atoms with van der Waals surface area (Å²) >= 11 is 0. The Labute approximate surface area is 57.2 Å².